The van der Waals surface area contributed by atoms with Crippen LogP contribution in [-0.4, -0.2) is 22.2 Å². The third-order valence-electron chi connectivity index (χ3n) is 2.49. The lowest BCUT2D eigenvalue weighted by Gasteiger charge is -1.98. The summed E-state index contributed by atoms with van der Waals surface area (Å²) in [5.41, 5.74) is 13.1. The fourth-order valence-corrected chi connectivity index (χ4v) is 1.44. The smallest absolute Gasteiger partial charge is 0.303 e. The Bertz CT molecular complexity index is 386. The van der Waals surface area contributed by atoms with Gasteiger partial charge in [-0.25, -0.2) is 0 Å². The summed E-state index contributed by atoms with van der Waals surface area (Å²) in [4.78, 5) is 19.8. The predicted molar refractivity (Wildman–Crippen MR) is 76.0 cm³/mol. The van der Waals surface area contributed by atoms with E-state index in [1.54, 1.807) is 0 Å². The van der Waals surface area contributed by atoms with E-state index in [1.165, 1.54) is 0 Å². The molecule has 0 aliphatic carbocycles. The molecule has 112 valence electrons. The van der Waals surface area contributed by atoms with Crippen LogP contribution in [0.1, 0.15) is 36.8 Å². The summed E-state index contributed by atoms with van der Waals surface area (Å²) >= 11 is 0. The minimum atomic E-state index is -0.870. The average molecular weight is 282 g/mol. The van der Waals surface area contributed by atoms with Gasteiger partial charge in [0.05, 0.1) is 0 Å². The molecule has 0 aromatic heterocycles. The standard InChI is InChI=1S/C8H12N2.C6H10O4/c9-5-7-2-1-3-8(4-7)6-10;7-5(8)3-1-2-4-6(9)10/h1-4H,5-6,9-10H2;1-4H2,(H,7,8)(H,9,10). The summed E-state index contributed by atoms with van der Waals surface area (Å²) in [6.45, 7) is 1.18. The molecule has 6 heteroatoms. The van der Waals surface area contributed by atoms with Crippen LogP contribution in [0.2, 0.25) is 0 Å². The van der Waals surface area contributed by atoms with Crippen molar-refractivity contribution < 1.29 is 19.8 Å². The van der Waals surface area contributed by atoms with E-state index in [-0.39, 0.29) is 12.8 Å². The van der Waals surface area contributed by atoms with Gasteiger partial charge in [0.2, 0.25) is 0 Å². The van der Waals surface area contributed by atoms with Crippen LogP contribution in [-0.2, 0) is 22.7 Å². The molecule has 0 aliphatic heterocycles. The maximum Gasteiger partial charge on any atom is 0.303 e. The molecule has 0 heterocycles. The lowest BCUT2D eigenvalue weighted by atomic mass is 10.1. The first-order valence-corrected chi connectivity index (χ1v) is 6.41. The third kappa shape index (κ3) is 10.0. The normalized spacial score (nSPS) is 9.50. The highest BCUT2D eigenvalue weighted by Gasteiger charge is 1.99. The van der Waals surface area contributed by atoms with Crippen LogP contribution in [0.3, 0.4) is 0 Å². The molecule has 1 aromatic carbocycles. The Morgan fingerprint density at radius 2 is 1.30 bits per heavy atom. The van der Waals surface area contributed by atoms with Gasteiger partial charge in [-0.3, -0.25) is 9.59 Å². The van der Waals surface area contributed by atoms with Gasteiger partial charge in [-0.05, 0) is 24.0 Å². The highest BCUT2D eigenvalue weighted by atomic mass is 16.4. The average Bonchev–Trinajstić information content (AvgIpc) is 2.44. The number of carboxylic acids is 2. The minimum absolute atomic E-state index is 0.0628. The monoisotopic (exact) mass is 282 g/mol. The first-order chi connectivity index (χ1) is 9.49. The summed E-state index contributed by atoms with van der Waals surface area (Å²) < 4.78 is 0. The Hall–Kier alpha value is -1.92. The second kappa shape index (κ2) is 11.0. The zero-order chi connectivity index (χ0) is 15.4. The first kappa shape index (κ1) is 18.1. The molecule has 0 bridgehead atoms. The number of benzene rings is 1. The Balaban J connectivity index is 0.000000361. The molecule has 0 unspecified atom stereocenters. The van der Waals surface area contributed by atoms with E-state index in [9.17, 15) is 9.59 Å². The van der Waals surface area contributed by atoms with Crippen LogP contribution in [0, 0.1) is 0 Å². The Labute approximate surface area is 118 Å². The second-order valence-electron chi connectivity index (χ2n) is 4.22. The van der Waals surface area contributed by atoms with Gasteiger partial charge in [0.15, 0.2) is 0 Å². The Morgan fingerprint density at radius 1 is 0.900 bits per heavy atom. The number of nitrogens with two attached hydrogens (primary N) is 2. The first-order valence-electron chi connectivity index (χ1n) is 6.41. The Kier molecular flexibility index (Phi) is 9.90. The van der Waals surface area contributed by atoms with Crippen LogP contribution in [0.25, 0.3) is 0 Å². The van der Waals surface area contributed by atoms with E-state index in [1.807, 2.05) is 24.3 Å². The molecular formula is C14H22N2O4. The number of carbonyl (C=O) groups is 2. The van der Waals surface area contributed by atoms with Crippen molar-refractivity contribution >= 4 is 11.9 Å². The van der Waals surface area contributed by atoms with Gasteiger partial charge < -0.3 is 21.7 Å². The molecule has 6 nitrogen and oxygen atoms in total. The molecular weight excluding hydrogens is 260 g/mol. The van der Waals surface area contributed by atoms with E-state index in [2.05, 4.69) is 0 Å². The van der Waals surface area contributed by atoms with Gasteiger partial charge in [0.25, 0.3) is 0 Å². The van der Waals surface area contributed by atoms with E-state index in [0.29, 0.717) is 25.9 Å². The largest absolute Gasteiger partial charge is 0.481 e. The van der Waals surface area contributed by atoms with Crippen molar-refractivity contribution in [1.82, 2.24) is 0 Å². The molecule has 0 aliphatic rings. The number of aliphatic carboxylic acids is 2. The van der Waals surface area contributed by atoms with Crippen molar-refractivity contribution in [3.05, 3.63) is 35.4 Å². The predicted octanol–water partition coefficient (Wildman–Crippen LogP) is 1.32. The zero-order valence-corrected chi connectivity index (χ0v) is 11.4. The van der Waals surface area contributed by atoms with E-state index in [4.69, 9.17) is 21.7 Å². The number of carboxylic acid groups (broad SMARTS) is 2. The molecule has 0 fully saturated rings. The minimum Gasteiger partial charge on any atom is -0.481 e. The molecule has 1 rings (SSSR count). The molecule has 0 radical (unpaired) electrons. The summed E-state index contributed by atoms with van der Waals surface area (Å²) in [6.07, 6.45) is 1.02. The summed E-state index contributed by atoms with van der Waals surface area (Å²) in [5, 5.41) is 16.3. The molecule has 0 saturated heterocycles. The van der Waals surface area contributed by atoms with Gasteiger partial charge in [0.1, 0.15) is 0 Å². The van der Waals surface area contributed by atoms with Crippen molar-refractivity contribution in [1.29, 1.82) is 0 Å². The van der Waals surface area contributed by atoms with Gasteiger partial charge in [0, 0.05) is 25.9 Å². The second-order valence-corrected chi connectivity index (χ2v) is 4.22. The fourth-order valence-electron chi connectivity index (χ4n) is 1.44. The maximum absolute atomic E-state index is 9.90. The molecule has 1 aromatic rings. The highest BCUT2D eigenvalue weighted by Crippen LogP contribution is 2.02. The van der Waals surface area contributed by atoms with Crippen LogP contribution in [0.4, 0.5) is 0 Å². The summed E-state index contributed by atoms with van der Waals surface area (Å²) in [6, 6.07) is 8.00. The maximum atomic E-state index is 9.90. The topological polar surface area (TPSA) is 127 Å². The number of unbranched alkanes of at least 4 members (excludes halogenated alkanes) is 1. The molecule has 20 heavy (non-hydrogen) atoms. The summed E-state index contributed by atoms with van der Waals surface area (Å²) in [7, 11) is 0. The van der Waals surface area contributed by atoms with Crippen molar-refractivity contribution in [3.8, 4) is 0 Å². The van der Waals surface area contributed by atoms with Crippen LogP contribution < -0.4 is 11.5 Å². The van der Waals surface area contributed by atoms with Gasteiger partial charge in [-0.2, -0.15) is 0 Å². The van der Waals surface area contributed by atoms with Gasteiger partial charge >= 0.3 is 11.9 Å². The SMILES string of the molecule is NCc1cccc(CN)c1.O=C(O)CCCCC(=O)O. The van der Waals surface area contributed by atoms with E-state index in [0.717, 1.165) is 11.1 Å². The van der Waals surface area contributed by atoms with E-state index >= 15 is 0 Å². The molecule has 0 spiro atoms. The quantitative estimate of drug-likeness (QED) is 0.559. The lowest BCUT2D eigenvalue weighted by molar-refractivity contribution is -0.139. The Morgan fingerprint density at radius 3 is 1.60 bits per heavy atom. The van der Waals surface area contributed by atoms with Gasteiger partial charge in [-0.15, -0.1) is 0 Å². The van der Waals surface area contributed by atoms with E-state index < -0.39 is 11.9 Å². The van der Waals surface area contributed by atoms with Crippen LogP contribution in [0.15, 0.2) is 24.3 Å². The molecule has 0 atom stereocenters. The highest BCUT2D eigenvalue weighted by molar-refractivity contribution is 5.67. The third-order valence-corrected chi connectivity index (χ3v) is 2.49. The number of hydrogen-bond donors (Lipinski definition) is 4. The lowest BCUT2D eigenvalue weighted by Crippen LogP contribution is -2.00. The number of rotatable bonds is 7. The van der Waals surface area contributed by atoms with Crippen molar-refractivity contribution in [3.63, 3.8) is 0 Å². The van der Waals surface area contributed by atoms with Crippen molar-refractivity contribution in [2.45, 2.75) is 38.8 Å². The molecule has 0 amide bonds. The molecule has 6 N–H and O–H groups in total. The van der Waals surface area contributed by atoms with Crippen molar-refractivity contribution in [2.24, 2.45) is 11.5 Å². The molecule has 0 saturated carbocycles. The summed E-state index contributed by atoms with van der Waals surface area (Å²) in [5.74, 6) is -1.74. The fraction of sp³-hybridized carbons (Fsp3) is 0.429. The van der Waals surface area contributed by atoms with Gasteiger partial charge in [-0.1, -0.05) is 24.3 Å². The van der Waals surface area contributed by atoms with Crippen molar-refractivity contribution in [2.75, 3.05) is 0 Å². The zero-order valence-electron chi connectivity index (χ0n) is 11.4. The number of hydrogen-bond acceptors (Lipinski definition) is 4. The van der Waals surface area contributed by atoms with Crippen LogP contribution in [0.5, 0.6) is 0 Å². The van der Waals surface area contributed by atoms with Crippen LogP contribution >= 0.6 is 0 Å².